The van der Waals surface area contributed by atoms with E-state index in [2.05, 4.69) is 21.0 Å². The summed E-state index contributed by atoms with van der Waals surface area (Å²) in [5.74, 6) is 1.94. The molecule has 0 saturated heterocycles. The second kappa shape index (κ2) is 8.07. The number of benzene rings is 1. The lowest BCUT2D eigenvalue weighted by atomic mass is 10.1. The topological polar surface area (TPSA) is 73.8 Å². The van der Waals surface area contributed by atoms with E-state index in [-0.39, 0.29) is 5.56 Å². The molecule has 0 aliphatic rings. The van der Waals surface area contributed by atoms with E-state index < -0.39 is 0 Å². The average Bonchev–Trinajstić information content (AvgIpc) is 3.06. The van der Waals surface area contributed by atoms with Crippen LogP contribution in [0.25, 0.3) is 22.5 Å². The Morgan fingerprint density at radius 1 is 1.07 bits per heavy atom. The zero-order valence-electron chi connectivity index (χ0n) is 17.8. The van der Waals surface area contributed by atoms with Gasteiger partial charge in [0.15, 0.2) is 5.16 Å². The van der Waals surface area contributed by atoms with Crippen LogP contribution in [0, 0.1) is 27.7 Å². The van der Waals surface area contributed by atoms with Crippen molar-refractivity contribution in [2.45, 2.75) is 52.1 Å². The molecule has 30 heavy (non-hydrogen) atoms. The Hall–Kier alpha value is -2.93. The Bertz CT molecular complexity index is 1310. The van der Waals surface area contributed by atoms with Gasteiger partial charge in [-0.1, -0.05) is 29.5 Å². The Kier molecular flexibility index (Phi) is 5.47. The van der Waals surface area contributed by atoms with Gasteiger partial charge in [-0.05, 0) is 58.4 Å². The van der Waals surface area contributed by atoms with Gasteiger partial charge in [0.2, 0.25) is 5.89 Å². The average molecular weight is 421 g/mol. The Morgan fingerprint density at radius 2 is 1.87 bits per heavy atom. The number of aryl methyl sites for hydroxylation is 5. The van der Waals surface area contributed by atoms with E-state index in [1.165, 1.54) is 11.8 Å². The number of hydrogen-bond donors (Lipinski definition) is 0. The van der Waals surface area contributed by atoms with Crippen LogP contribution in [-0.4, -0.2) is 19.5 Å². The van der Waals surface area contributed by atoms with E-state index in [9.17, 15) is 4.79 Å². The molecule has 0 N–H and O–H groups in total. The van der Waals surface area contributed by atoms with Crippen LogP contribution >= 0.6 is 11.8 Å². The van der Waals surface area contributed by atoms with Gasteiger partial charge in [0, 0.05) is 23.6 Å². The number of oxazole rings is 1. The summed E-state index contributed by atoms with van der Waals surface area (Å²) in [5, 5.41) is 1.23. The van der Waals surface area contributed by atoms with Crippen molar-refractivity contribution in [3.05, 3.63) is 69.0 Å². The molecule has 3 heterocycles. The fourth-order valence-electron chi connectivity index (χ4n) is 3.56. The summed E-state index contributed by atoms with van der Waals surface area (Å²) in [4.78, 5) is 26.4. The molecule has 3 aromatic heterocycles. The molecular weight excluding hydrogens is 396 g/mol. The van der Waals surface area contributed by atoms with Gasteiger partial charge in [0.1, 0.15) is 11.4 Å². The van der Waals surface area contributed by atoms with Crippen LogP contribution in [0.15, 0.2) is 44.7 Å². The number of hydrogen-bond acceptors (Lipinski definition) is 6. The first kappa shape index (κ1) is 20.3. The molecule has 0 atom stereocenters. The summed E-state index contributed by atoms with van der Waals surface area (Å²) in [6, 6.07) is 10.0. The summed E-state index contributed by atoms with van der Waals surface area (Å²) >= 11 is 1.48. The van der Waals surface area contributed by atoms with Gasteiger partial charge >= 0.3 is 0 Å². The lowest BCUT2D eigenvalue weighted by Gasteiger charge is -2.14. The summed E-state index contributed by atoms with van der Waals surface area (Å²) in [6.45, 7) is 10.5. The van der Waals surface area contributed by atoms with Gasteiger partial charge in [0.25, 0.3) is 5.56 Å². The third-order valence-corrected chi connectivity index (χ3v) is 6.02. The quantitative estimate of drug-likeness (QED) is 0.334. The van der Waals surface area contributed by atoms with Crippen molar-refractivity contribution in [2.24, 2.45) is 0 Å². The number of thioether (sulfide) groups is 1. The summed E-state index contributed by atoms with van der Waals surface area (Å²) in [7, 11) is 0. The lowest BCUT2D eigenvalue weighted by Crippen LogP contribution is -2.18. The van der Waals surface area contributed by atoms with E-state index in [0.29, 0.717) is 34.4 Å². The predicted octanol–water partition coefficient (Wildman–Crippen LogP) is 4.99. The first-order valence-corrected chi connectivity index (χ1v) is 10.9. The number of fused-ring (bicyclic) bond motifs is 1. The molecule has 0 aliphatic carbocycles. The monoisotopic (exact) mass is 420 g/mol. The van der Waals surface area contributed by atoms with E-state index >= 15 is 0 Å². The van der Waals surface area contributed by atoms with Crippen LogP contribution in [0.5, 0.6) is 0 Å². The van der Waals surface area contributed by atoms with Crippen LogP contribution < -0.4 is 5.56 Å². The van der Waals surface area contributed by atoms with Crippen LogP contribution in [0.2, 0.25) is 0 Å². The molecule has 0 radical (unpaired) electrons. The zero-order valence-corrected chi connectivity index (χ0v) is 18.6. The fourth-order valence-corrected chi connectivity index (χ4v) is 4.61. The molecule has 4 aromatic rings. The molecule has 0 unspecified atom stereocenters. The molecule has 0 aliphatic heterocycles. The molecule has 4 rings (SSSR count). The van der Waals surface area contributed by atoms with Crippen LogP contribution in [0.4, 0.5) is 0 Å². The standard InChI is InChI=1S/C23H24N4O2S/c1-6-27-20-19(14(3)11-15(4)24-20)21(28)26-23(27)30-12-18-16(5)29-22(25-18)17-9-7-8-13(2)10-17/h7-11H,6,12H2,1-5H3. The Morgan fingerprint density at radius 3 is 2.60 bits per heavy atom. The van der Waals surface area contributed by atoms with Crippen molar-refractivity contribution in [1.82, 2.24) is 19.5 Å². The maximum absolute atomic E-state index is 12.7. The highest BCUT2D eigenvalue weighted by Gasteiger charge is 2.17. The molecule has 0 spiro atoms. The Balaban J connectivity index is 1.68. The van der Waals surface area contributed by atoms with E-state index in [1.54, 1.807) is 0 Å². The van der Waals surface area contributed by atoms with Crippen LogP contribution in [0.1, 0.15) is 35.2 Å². The summed E-state index contributed by atoms with van der Waals surface area (Å²) in [5.41, 5.74) is 5.21. The van der Waals surface area contributed by atoms with Gasteiger partial charge in [-0.25, -0.2) is 9.97 Å². The zero-order chi connectivity index (χ0) is 21.4. The van der Waals surface area contributed by atoms with Gasteiger partial charge in [-0.2, -0.15) is 4.98 Å². The third-order valence-electron chi connectivity index (χ3n) is 5.04. The minimum absolute atomic E-state index is 0.237. The van der Waals surface area contributed by atoms with Crippen molar-refractivity contribution in [3.8, 4) is 11.5 Å². The van der Waals surface area contributed by atoms with E-state index in [0.717, 1.165) is 33.8 Å². The normalized spacial score (nSPS) is 11.4. The van der Waals surface area contributed by atoms with Crippen molar-refractivity contribution in [3.63, 3.8) is 0 Å². The first-order chi connectivity index (χ1) is 14.4. The second-order valence-corrected chi connectivity index (χ2v) is 8.35. The maximum atomic E-state index is 12.7. The molecule has 0 bridgehead atoms. The number of pyridine rings is 1. The summed E-state index contributed by atoms with van der Waals surface area (Å²) in [6.07, 6.45) is 0. The molecule has 0 amide bonds. The third kappa shape index (κ3) is 3.77. The molecule has 0 saturated carbocycles. The fraction of sp³-hybridized carbons (Fsp3) is 0.304. The van der Waals surface area contributed by atoms with Crippen LogP contribution in [0.3, 0.4) is 0 Å². The molecular formula is C23H24N4O2S. The SMILES string of the molecule is CCn1c(SCc2nc(-c3cccc(C)c3)oc2C)nc(=O)c2c(C)cc(C)nc21. The van der Waals surface area contributed by atoms with Gasteiger partial charge in [-0.15, -0.1) is 0 Å². The number of aromatic nitrogens is 4. The highest BCUT2D eigenvalue weighted by atomic mass is 32.2. The minimum atomic E-state index is -0.237. The van der Waals surface area contributed by atoms with Crippen molar-refractivity contribution >= 4 is 22.8 Å². The lowest BCUT2D eigenvalue weighted by molar-refractivity contribution is 0.540. The first-order valence-electron chi connectivity index (χ1n) is 9.92. The minimum Gasteiger partial charge on any atom is -0.441 e. The molecule has 154 valence electrons. The number of rotatable bonds is 5. The van der Waals surface area contributed by atoms with Crippen molar-refractivity contribution in [2.75, 3.05) is 0 Å². The predicted molar refractivity (Wildman–Crippen MR) is 120 cm³/mol. The van der Waals surface area contributed by atoms with E-state index in [1.807, 2.05) is 63.5 Å². The molecule has 7 heteroatoms. The van der Waals surface area contributed by atoms with E-state index in [4.69, 9.17) is 4.42 Å². The maximum Gasteiger partial charge on any atom is 0.283 e. The Labute approximate surface area is 179 Å². The molecule has 1 aromatic carbocycles. The molecule has 6 nitrogen and oxygen atoms in total. The highest BCUT2D eigenvalue weighted by Crippen LogP contribution is 2.28. The molecule has 0 fully saturated rings. The smallest absolute Gasteiger partial charge is 0.283 e. The van der Waals surface area contributed by atoms with Gasteiger partial charge in [0.05, 0.1) is 11.1 Å². The largest absolute Gasteiger partial charge is 0.441 e. The van der Waals surface area contributed by atoms with Crippen molar-refractivity contribution < 1.29 is 4.42 Å². The summed E-state index contributed by atoms with van der Waals surface area (Å²) < 4.78 is 7.90. The number of nitrogens with zero attached hydrogens (tertiary/aromatic N) is 4. The highest BCUT2D eigenvalue weighted by molar-refractivity contribution is 7.98. The van der Waals surface area contributed by atoms with Gasteiger partial charge in [-0.3, -0.25) is 4.79 Å². The van der Waals surface area contributed by atoms with Crippen LogP contribution in [-0.2, 0) is 12.3 Å². The second-order valence-electron chi connectivity index (χ2n) is 7.40. The van der Waals surface area contributed by atoms with Crippen molar-refractivity contribution in [1.29, 1.82) is 0 Å². The van der Waals surface area contributed by atoms with Gasteiger partial charge < -0.3 is 8.98 Å².